The van der Waals surface area contributed by atoms with E-state index in [9.17, 15) is 0 Å². The van der Waals surface area contributed by atoms with Gasteiger partial charge in [0.2, 0.25) is 5.96 Å². The number of rotatable bonds is 3. The Morgan fingerprint density at radius 3 is 2.44 bits per heavy atom. The second-order valence-corrected chi connectivity index (χ2v) is 4.31. The van der Waals surface area contributed by atoms with Crippen LogP contribution in [-0.2, 0) is 0 Å². The predicted molar refractivity (Wildman–Crippen MR) is 67.1 cm³/mol. The summed E-state index contributed by atoms with van der Waals surface area (Å²) in [5.41, 5.74) is 15.9. The maximum atomic E-state index is 5.51. The number of nitrogens with two attached hydrogens (primary N) is 3. The molecule has 0 bridgehead atoms. The molecule has 16 heavy (non-hydrogen) atoms. The van der Waals surface area contributed by atoms with E-state index >= 15 is 0 Å². The maximum absolute atomic E-state index is 5.51. The Kier molecular flexibility index (Phi) is 5.04. The van der Waals surface area contributed by atoms with E-state index in [-0.39, 0.29) is 11.9 Å². The molecule has 0 aromatic carbocycles. The normalized spacial score (nSPS) is 19.7. The van der Waals surface area contributed by atoms with Crippen molar-refractivity contribution in [2.45, 2.75) is 19.3 Å². The Morgan fingerprint density at radius 2 is 1.88 bits per heavy atom. The Bertz CT molecular complexity index is 260. The van der Waals surface area contributed by atoms with Crippen LogP contribution in [0.3, 0.4) is 0 Å². The van der Waals surface area contributed by atoms with Crippen LogP contribution in [0.5, 0.6) is 0 Å². The van der Waals surface area contributed by atoms with E-state index in [0.29, 0.717) is 6.54 Å². The van der Waals surface area contributed by atoms with Gasteiger partial charge in [-0.25, -0.2) is 0 Å². The lowest BCUT2D eigenvalue weighted by atomic mass is 9.94. The summed E-state index contributed by atoms with van der Waals surface area (Å²) < 4.78 is 0. The summed E-state index contributed by atoms with van der Waals surface area (Å²) in [7, 11) is 2.16. The first-order valence-electron chi connectivity index (χ1n) is 5.66. The second-order valence-electron chi connectivity index (χ2n) is 4.31. The van der Waals surface area contributed by atoms with E-state index in [4.69, 9.17) is 17.2 Å². The first-order chi connectivity index (χ1) is 7.58. The minimum absolute atomic E-state index is 0.0412. The van der Waals surface area contributed by atoms with Crippen LogP contribution in [0.15, 0.2) is 9.98 Å². The summed E-state index contributed by atoms with van der Waals surface area (Å²) in [4.78, 5) is 10.1. The standard InChI is InChI=1S/C10H22N6/c1-16-6-3-8(4-7-16)2-5-14-10(13)15-9(11)12/h8H,2-7H2,1H3,(H6,11,12,13,14,15). The van der Waals surface area contributed by atoms with Gasteiger partial charge < -0.3 is 22.1 Å². The number of hydrogen-bond acceptors (Lipinski definition) is 2. The zero-order valence-corrected chi connectivity index (χ0v) is 9.89. The quantitative estimate of drug-likeness (QED) is 0.437. The topological polar surface area (TPSA) is 106 Å². The molecule has 0 spiro atoms. The maximum Gasteiger partial charge on any atom is 0.218 e. The molecule has 0 aliphatic carbocycles. The number of hydrogen-bond donors (Lipinski definition) is 3. The molecule has 0 aromatic heterocycles. The summed E-state index contributed by atoms with van der Waals surface area (Å²) in [6.07, 6.45) is 3.55. The Balaban J connectivity index is 2.22. The Morgan fingerprint density at radius 1 is 1.25 bits per heavy atom. The fourth-order valence-electron chi connectivity index (χ4n) is 1.88. The predicted octanol–water partition coefficient (Wildman–Crippen LogP) is -0.694. The molecule has 1 heterocycles. The molecule has 6 nitrogen and oxygen atoms in total. The third kappa shape index (κ3) is 4.97. The summed E-state index contributed by atoms with van der Waals surface area (Å²) in [5, 5.41) is 0. The van der Waals surface area contributed by atoms with Crippen molar-refractivity contribution in [1.82, 2.24) is 4.90 Å². The van der Waals surface area contributed by atoms with Crippen molar-refractivity contribution in [3.8, 4) is 0 Å². The number of piperidine rings is 1. The van der Waals surface area contributed by atoms with Crippen LogP contribution in [0, 0.1) is 5.92 Å². The van der Waals surface area contributed by atoms with Crippen LogP contribution in [0.2, 0.25) is 0 Å². The third-order valence-electron chi connectivity index (χ3n) is 2.89. The summed E-state index contributed by atoms with van der Waals surface area (Å²) in [6.45, 7) is 3.06. The van der Waals surface area contributed by atoms with E-state index in [1.165, 1.54) is 25.9 Å². The average Bonchev–Trinajstić information content (AvgIpc) is 2.20. The second kappa shape index (κ2) is 6.32. The van der Waals surface area contributed by atoms with E-state index in [0.717, 1.165) is 12.3 Å². The summed E-state index contributed by atoms with van der Waals surface area (Å²) in [6, 6.07) is 0. The molecular formula is C10H22N6. The molecule has 1 saturated heterocycles. The molecule has 0 unspecified atom stereocenters. The molecule has 0 saturated carbocycles. The summed E-state index contributed by atoms with van der Waals surface area (Å²) >= 11 is 0. The molecule has 1 aliphatic heterocycles. The lowest BCUT2D eigenvalue weighted by Gasteiger charge is -2.28. The molecule has 0 radical (unpaired) electrons. The highest BCUT2D eigenvalue weighted by Gasteiger charge is 2.15. The van der Waals surface area contributed by atoms with E-state index in [2.05, 4.69) is 21.9 Å². The van der Waals surface area contributed by atoms with Gasteiger partial charge in [-0.15, -0.1) is 0 Å². The van der Waals surface area contributed by atoms with Crippen molar-refractivity contribution < 1.29 is 0 Å². The number of nitrogens with zero attached hydrogens (tertiary/aromatic N) is 3. The van der Waals surface area contributed by atoms with E-state index in [1.807, 2.05) is 0 Å². The Labute approximate surface area is 96.6 Å². The van der Waals surface area contributed by atoms with Crippen molar-refractivity contribution in [3.63, 3.8) is 0 Å². The monoisotopic (exact) mass is 226 g/mol. The van der Waals surface area contributed by atoms with Gasteiger partial charge in [-0.05, 0) is 45.3 Å². The van der Waals surface area contributed by atoms with E-state index in [1.54, 1.807) is 0 Å². The highest BCUT2D eigenvalue weighted by Crippen LogP contribution is 2.19. The van der Waals surface area contributed by atoms with Crippen molar-refractivity contribution in [1.29, 1.82) is 0 Å². The minimum atomic E-state index is -0.0412. The molecule has 0 atom stereocenters. The first kappa shape index (κ1) is 12.8. The molecule has 1 aliphatic rings. The van der Waals surface area contributed by atoms with Gasteiger partial charge in [0, 0.05) is 6.54 Å². The van der Waals surface area contributed by atoms with Crippen LogP contribution in [0.4, 0.5) is 0 Å². The van der Waals surface area contributed by atoms with Crippen molar-refractivity contribution in [3.05, 3.63) is 0 Å². The SMILES string of the molecule is CN1CCC(CCN=C(N)N=C(N)N)CC1. The fraction of sp³-hybridized carbons (Fsp3) is 0.800. The van der Waals surface area contributed by atoms with Crippen LogP contribution in [-0.4, -0.2) is 43.5 Å². The zero-order valence-electron chi connectivity index (χ0n) is 9.89. The largest absolute Gasteiger partial charge is 0.370 e. The number of guanidine groups is 2. The van der Waals surface area contributed by atoms with Gasteiger partial charge in [0.05, 0.1) is 0 Å². The van der Waals surface area contributed by atoms with Gasteiger partial charge in [-0.3, -0.25) is 4.99 Å². The molecule has 0 aromatic rings. The molecule has 0 amide bonds. The Hall–Kier alpha value is -1.30. The van der Waals surface area contributed by atoms with Crippen molar-refractivity contribution >= 4 is 11.9 Å². The number of likely N-dealkylation sites (tertiary alicyclic amines) is 1. The third-order valence-corrected chi connectivity index (χ3v) is 2.89. The van der Waals surface area contributed by atoms with Gasteiger partial charge in [0.25, 0.3) is 0 Å². The van der Waals surface area contributed by atoms with Crippen LogP contribution >= 0.6 is 0 Å². The zero-order chi connectivity index (χ0) is 12.0. The highest BCUT2D eigenvalue weighted by molar-refractivity contribution is 5.92. The molecule has 1 rings (SSSR count). The van der Waals surface area contributed by atoms with Gasteiger partial charge in [-0.2, -0.15) is 4.99 Å². The molecule has 6 heteroatoms. The number of aliphatic imine (C=N–C) groups is 2. The first-order valence-corrected chi connectivity index (χ1v) is 5.66. The van der Waals surface area contributed by atoms with Crippen LogP contribution in [0.25, 0.3) is 0 Å². The van der Waals surface area contributed by atoms with Gasteiger partial charge in [-0.1, -0.05) is 0 Å². The molecule has 1 fully saturated rings. The molecule has 6 N–H and O–H groups in total. The van der Waals surface area contributed by atoms with Gasteiger partial charge in [0.15, 0.2) is 5.96 Å². The minimum Gasteiger partial charge on any atom is -0.370 e. The smallest absolute Gasteiger partial charge is 0.218 e. The summed E-state index contributed by atoms with van der Waals surface area (Å²) in [5.74, 6) is 0.889. The lowest BCUT2D eigenvalue weighted by Crippen LogP contribution is -2.30. The fourth-order valence-corrected chi connectivity index (χ4v) is 1.88. The van der Waals surface area contributed by atoms with Gasteiger partial charge in [0.1, 0.15) is 0 Å². The van der Waals surface area contributed by atoms with Crippen molar-refractivity contribution in [2.75, 3.05) is 26.7 Å². The lowest BCUT2D eigenvalue weighted by molar-refractivity contribution is 0.214. The average molecular weight is 226 g/mol. The van der Waals surface area contributed by atoms with Crippen LogP contribution in [0.1, 0.15) is 19.3 Å². The van der Waals surface area contributed by atoms with E-state index < -0.39 is 0 Å². The van der Waals surface area contributed by atoms with Crippen LogP contribution < -0.4 is 17.2 Å². The molecule has 92 valence electrons. The van der Waals surface area contributed by atoms with Crippen molar-refractivity contribution in [2.24, 2.45) is 33.1 Å². The highest BCUT2D eigenvalue weighted by atomic mass is 15.1. The molecular weight excluding hydrogens is 204 g/mol. The van der Waals surface area contributed by atoms with Gasteiger partial charge >= 0.3 is 0 Å².